The van der Waals surface area contributed by atoms with E-state index < -0.39 is 0 Å². The van der Waals surface area contributed by atoms with Crippen LogP contribution in [0.2, 0.25) is 0 Å². The molecule has 0 radical (unpaired) electrons. The largest absolute Gasteiger partial charge is 0.456 e. The summed E-state index contributed by atoms with van der Waals surface area (Å²) in [6, 6.07) is 70.0. The molecule has 4 heteroatoms. The number of hydrogen-bond donors (Lipinski definition) is 0. The van der Waals surface area contributed by atoms with Crippen LogP contribution in [0.3, 0.4) is 0 Å². The molecular weight excluding hydrogens is 695 g/mol. The first-order valence-corrected chi connectivity index (χ1v) is 19.2. The van der Waals surface area contributed by atoms with Crippen molar-refractivity contribution in [2.45, 2.75) is 0 Å². The minimum atomic E-state index is 0.586. The predicted octanol–water partition coefficient (Wildman–Crippen LogP) is 14.1. The van der Waals surface area contributed by atoms with Crippen LogP contribution in [0.5, 0.6) is 0 Å². The molecule has 0 saturated carbocycles. The number of benzene rings is 9. The Balaban J connectivity index is 1.05. The molecule has 0 aliphatic carbocycles. The van der Waals surface area contributed by atoms with Crippen LogP contribution in [0.25, 0.3) is 111 Å². The second-order valence-electron chi connectivity index (χ2n) is 14.4. The Kier molecular flexibility index (Phi) is 7.78. The molecule has 11 rings (SSSR count). The zero-order chi connectivity index (χ0) is 37.7. The van der Waals surface area contributed by atoms with Gasteiger partial charge < -0.3 is 4.42 Å². The summed E-state index contributed by atoms with van der Waals surface area (Å²) in [7, 11) is 0. The third-order valence-corrected chi connectivity index (χ3v) is 10.9. The van der Waals surface area contributed by atoms with E-state index in [1.807, 2.05) is 30.3 Å². The number of fused-ring (bicyclic) bond motifs is 6. The standard InChI is InChI=1S/C53H33N3O/c1-4-13-34(14-5-1)41-30-42(35-15-6-2-7-16-35)32-43(31-41)46-21-12-22-48-50(46)47-28-26-40(33-49(47)57-48)53-55-51(37-18-8-3-9-19-37)54-52(56-53)39-25-27-45-38(29-39)24-23-36-17-10-11-20-44(36)45/h1-33H. The minimum absolute atomic E-state index is 0.586. The first kappa shape index (κ1) is 32.7. The molecule has 0 aliphatic heterocycles. The van der Waals surface area contributed by atoms with Crippen LogP contribution >= 0.6 is 0 Å². The number of rotatable bonds is 6. The van der Waals surface area contributed by atoms with E-state index in [-0.39, 0.29) is 0 Å². The van der Waals surface area contributed by atoms with Crippen molar-refractivity contribution < 1.29 is 4.42 Å². The summed E-state index contributed by atoms with van der Waals surface area (Å²) < 4.78 is 6.65. The average molecular weight is 728 g/mol. The Hall–Kier alpha value is -7.69. The Morgan fingerprint density at radius 1 is 0.281 bits per heavy atom. The minimum Gasteiger partial charge on any atom is -0.456 e. The topological polar surface area (TPSA) is 51.8 Å². The Morgan fingerprint density at radius 2 is 0.807 bits per heavy atom. The first-order valence-electron chi connectivity index (χ1n) is 19.2. The fourth-order valence-corrected chi connectivity index (χ4v) is 8.09. The lowest BCUT2D eigenvalue weighted by Crippen LogP contribution is -2.00. The van der Waals surface area contributed by atoms with Crippen LogP contribution in [-0.2, 0) is 0 Å². The molecule has 4 nitrogen and oxygen atoms in total. The normalized spacial score (nSPS) is 11.5. The van der Waals surface area contributed by atoms with Gasteiger partial charge in [0.2, 0.25) is 0 Å². The lowest BCUT2D eigenvalue weighted by Gasteiger charge is -2.12. The van der Waals surface area contributed by atoms with Crippen molar-refractivity contribution in [3.8, 4) is 67.5 Å². The number of aromatic nitrogens is 3. The van der Waals surface area contributed by atoms with E-state index in [9.17, 15) is 0 Å². The summed E-state index contributed by atoms with van der Waals surface area (Å²) in [5.74, 6) is 1.82. The van der Waals surface area contributed by atoms with E-state index in [4.69, 9.17) is 19.4 Å². The van der Waals surface area contributed by atoms with Crippen LogP contribution in [-0.4, -0.2) is 15.0 Å². The lowest BCUT2D eigenvalue weighted by atomic mass is 9.91. The lowest BCUT2D eigenvalue weighted by molar-refractivity contribution is 0.669. The second-order valence-corrected chi connectivity index (χ2v) is 14.4. The van der Waals surface area contributed by atoms with Gasteiger partial charge in [0, 0.05) is 27.5 Å². The van der Waals surface area contributed by atoms with Crippen LogP contribution < -0.4 is 0 Å². The highest BCUT2D eigenvalue weighted by Gasteiger charge is 2.18. The maximum absolute atomic E-state index is 6.65. The van der Waals surface area contributed by atoms with E-state index in [0.29, 0.717) is 17.5 Å². The summed E-state index contributed by atoms with van der Waals surface area (Å²) in [5, 5.41) is 6.90. The molecule has 0 atom stereocenters. The zero-order valence-corrected chi connectivity index (χ0v) is 30.8. The second kappa shape index (κ2) is 13.6. The van der Waals surface area contributed by atoms with E-state index in [0.717, 1.165) is 55.1 Å². The monoisotopic (exact) mass is 727 g/mol. The molecule has 0 spiro atoms. The summed E-state index contributed by atoms with van der Waals surface area (Å²) in [6.45, 7) is 0. The molecule has 11 aromatic rings. The third kappa shape index (κ3) is 5.92. The van der Waals surface area contributed by atoms with Gasteiger partial charge in [0.05, 0.1) is 0 Å². The summed E-state index contributed by atoms with van der Waals surface area (Å²) in [4.78, 5) is 15.2. The zero-order valence-electron chi connectivity index (χ0n) is 30.8. The molecule has 0 bridgehead atoms. The molecule has 9 aromatic carbocycles. The molecule has 0 unspecified atom stereocenters. The molecule has 2 heterocycles. The molecule has 0 N–H and O–H groups in total. The Labute approximate surface area is 329 Å². The van der Waals surface area contributed by atoms with Gasteiger partial charge >= 0.3 is 0 Å². The van der Waals surface area contributed by atoms with Gasteiger partial charge in [-0.1, -0.05) is 158 Å². The molecule has 57 heavy (non-hydrogen) atoms. The molecular formula is C53H33N3O. The van der Waals surface area contributed by atoms with Gasteiger partial charge in [-0.05, 0) is 97.4 Å². The first-order chi connectivity index (χ1) is 28.2. The molecule has 0 fully saturated rings. The van der Waals surface area contributed by atoms with Crippen LogP contribution in [0, 0.1) is 0 Å². The molecule has 0 saturated heterocycles. The third-order valence-electron chi connectivity index (χ3n) is 10.9. The van der Waals surface area contributed by atoms with E-state index >= 15 is 0 Å². The summed E-state index contributed by atoms with van der Waals surface area (Å²) >= 11 is 0. The van der Waals surface area contributed by atoms with Crippen molar-refractivity contribution in [2.75, 3.05) is 0 Å². The number of hydrogen-bond acceptors (Lipinski definition) is 4. The van der Waals surface area contributed by atoms with E-state index in [1.54, 1.807) is 0 Å². The maximum atomic E-state index is 6.65. The maximum Gasteiger partial charge on any atom is 0.164 e. The fraction of sp³-hybridized carbons (Fsp3) is 0. The van der Waals surface area contributed by atoms with E-state index in [1.165, 1.54) is 38.4 Å². The highest BCUT2D eigenvalue weighted by atomic mass is 16.3. The molecule has 266 valence electrons. The molecule has 0 amide bonds. The van der Waals surface area contributed by atoms with Gasteiger partial charge in [0.15, 0.2) is 17.5 Å². The van der Waals surface area contributed by atoms with Gasteiger partial charge in [-0.25, -0.2) is 15.0 Å². The van der Waals surface area contributed by atoms with Crippen molar-refractivity contribution in [1.29, 1.82) is 0 Å². The number of nitrogens with zero attached hydrogens (tertiary/aromatic N) is 3. The van der Waals surface area contributed by atoms with Crippen molar-refractivity contribution in [2.24, 2.45) is 0 Å². The van der Waals surface area contributed by atoms with Gasteiger partial charge in [-0.15, -0.1) is 0 Å². The predicted molar refractivity (Wildman–Crippen MR) is 235 cm³/mol. The van der Waals surface area contributed by atoms with Gasteiger partial charge in [0.25, 0.3) is 0 Å². The fourth-order valence-electron chi connectivity index (χ4n) is 8.09. The van der Waals surface area contributed by atoms with Crippen molar-refractivity contribution in [3.63, 3.8) is 0 Å². The van der Waals surface area contributed by atoms with E-state index in [2.05, 4.69) is 170 Å². The molecule has 2 aromatic heterocycles. The van der Waals surface area contributed by atoms with Crippen molar-refractivity contribution >= 4 is 43.5 Å². The Bertz CT molecular complexity index is 3220. The van der Waals surface area contributed by atoms with Gasteiger partial charge in [0.1, 0.15) is 11.2 Å². The van der Waals surface area contributed by atoms with Crippen molar-refractivity contribution in [1.82, 2.24) is 15.0 Å². The van der Waals surface area contributed by atoms with Crippen LogP contribution in [0.4, 0.5) is 0 Å². The smallest absolute Gasteiger partial charge is 0.164 e. The number of furan rings is 1. The quantitative estimate of drug-likeness (QED) is 0.160. The SMILES string of the molecule is c1ccc(-c2cc(-c3ccccc3)cc(-c3cccc4oc5cc(-c6nc(-c7ccccc7)nc(-c7ccc8c(ccc9ccccc98)c7)n6)ccc5c34)c2)cc1. The summed E-state index contributed by atoms with van der Waals surface area (Å²) in [6.07, 6.45) is 0. The summed E-state index contributed by atoms with van der Waals surface area (Å²) in [5.41, 5.74) is 11.2. The van der Waals surface area contributed by atoms with Gasteiger partial charge in [-0.2, -0.15) is 0 Å². The highest BCUT2D eigenvalue weighted by molar-refractivity contribution is 6.13. The van der Waals surface area contributed by atoms with Crippen LogP contribution in [0.1, 0.15) is 0 Å². The Morgan fingerprint density at radius 3 is 1.49 bits per heavy atom. The molecule has 0 aliphatic rings. The average Bonchev–Trinajstić information content (AvgIpc) is 3.68. The van der Waals surface area contributed by atoms with Gasteiger partial charge in [-0.3, -0.25) is 0 Å². The van der Waals surface area contributed by atoms with Crippen molar-refractivity contribution in [3.05, 3.63) is 200 Å². The van der Waals surface area contributed by atoms with Crippen LogP contribution in [0.15, 0.2) is 205 Å². The highest BCUT2D eigenvalue weighted by Crippen LogP contribution is 2.41.